The van der Waals surface area contributed by atoms with E-state index in [9.17, 15) is 4.79 Å². The molecule has 0 aromatic heterocycles. The second-order valence-electron chi connectivity index (χ2n) is 4.55. The third kappa shape index (κ3) is 4.94. The monoisotopic (exact) mass is 228 g/mol. The molecule has 0 saturated heterocycles. The van der Waals surface area contributed by atoms with Gasteiger partial charge in [-0.15, -0.1) is 0 Å². The first-order chi connectivity index (χ1) is 7.76. The molecule has 16 heavy (non-hydrogen) atoms. The molecule has 1 amide bonds. The molecule has 0 bridgehead atoms. The van der Waals surface area contributed by atoms with Crippen LogP contribution in [-0.2, 0) is 4.79 Å². The maximum atomic E-state index is 11.7. The van der Waals surface area contributed by atoms with Crippen LogP contribution in [0.1, 0.15) is 39.0 Å². The quantitative estimate of drug-likeness (QED) is 0.676. The second-order valence-corrected chi connectivity index (χ2v) is 4.55. The molecule has 1 rings (SSSR count). The van der Waals surface area contributed by atoms with E-state index >= 15 is 0 Å². The summed E-state index contributed by atoms with van der Waals surface area (Å²) in [6, 6.07) is 0.394. The molecule has 0 aliphatic heterocycles. The summed E-state index contributed by atoms with van der Waals surface area (Å²) >= 11 is 0. The number of hydrogen-bond donors (Lipinski definition) is 2. The van der Waals surface area contributed by atoms with Crippen molar-refractivity contribution >= 4 is 5.91 Å². The van der Waals surface area contributed by atoms with E-state index in [1.807, 2.05) is 4.90 Å². The predicted octanol–water partition coefficient (Wildman–Crippen LogP) is 0.749. The van der Waals surface area contributed by atoms with Crippen LogP contribution in [0.15, 0.2) is 0 Å². The number of carbonyl (C=O) groups is 1. The van der Waals surface area contributed by atoms with Crippen molar-refractivity contribution in [2.75, 3.05) is 26.2 Å². The molecule has 1 saturated carbocycles. The lowest BCUT2D eigenvalue weighted by molar-refractivity contribution is -0.123. The summed E-state index contributed by atoms with van der Waals surface area (Å²) in [5.74, 6) is 0.105. The zero-order chi connectivity index (χ0) is 11.8. The van der Waals surface area contributed by atoms with Crippen LogP contribution in [-0.4, -0.2) is 48.2 Å². The van der Waals surface area contributed by atoms with Gasteiger partial charge in [0.15, 0.2) is 0 Å². The number of aliphatic hydroxyl groups excluding tert-OH is 1. The molecule has 0 radical (unpaired) electrons. The molecule has 0 spiro atoms. The molecule has 0 heterocycles. The van der Waals surface area contributed by atoms with Gasteiger partial charge in [-0.2, -0.15) is 0 Å². The molecular formula is C12H24N2O2. The average molecular weight is 228 g/mol. The van der Waals surface area contributed by atoms with E-state index in [1.54, 1.807) is 0 Å². The minimum Gasteiger partial charge on any atom is -0.395 e. The molecule has 1 fully saturated rings. The lowest BCUT2D eigenvalue weighted by Crippen LogP contribution is -2.42. The van der Waals surface area contributed by atoms with Crippen LogP contribution in [0, 0.1) is 0 Å². The summed E-state index contributed by atoms with van der Waals surface area (Å²) in [6.45, 7) is 4.09. The molecule has 2 N–H and O–H groups in total. The summed E-state index contributed by atoms with van der Waals surface area (Å²) in [7, 11) is 0. The molecule has 1 aliphatic carbocycles. The molecule has 94 valence electrons. The van der Waals surface area contributed by atoms with Gasteiger partial charge in [0.25, 0.3) is 0 Å². The summed E-state index contributed by atoms with van der Waals surface area (Å²) < 4.78 is 0. The van der Waals surface area contributed by atoms with Crippen molar-refractivity contribution in [2.24, 2.45) is 0 Å². The zero-order valence-electron chi connectivity index (χ0n) is 10.2. The summed E-state index contributed by atoms with van der Waals surface area (Å²) in [4.78, 5) is 13.7. The Hall–Kier alpha value is -0.610. The van der Waals surface area contributed by atoms with Crippen molar-refractivity contribution in [1.29, 1.82) is 0 Å². The van der Waals surface area contributed by atoms with Gasteiger partial charge in [0.1, 0.15) is 0 Å². The number of aliphatic hydroxyl groups is 1. The maximum absolute atomic E-state index is 11.7. The lowest BCUT2D eigenvalue weighted by Gasteiger charge is -2.21. The first kappa shape index (κ1) is 13.5. The van der Waals surface area contributed by atoms with Crippen LogP contribution in [0.2, 0.25) is 0 Å². The van der Waals surface area contributed by atoms with E-state index in [4.69, 9.17) is 5.11 Å². The summed E-state index contributed by atoms with van der Waals surface area (Å²) in [5.41, 5.74) is 0. The first-order valence-corrected chi connectivity index (χ1v) is 6.38. The van der Waals surface area contributed by atoms with Gasteiger partial charge >= 0.3 is 0 Å². The fourth-order valence-corrected chi connectivity index (χ4v) is 2.27. The molecule has 0 unspecified atom stereocenters. The number of nitrogens with zero attached hydrogens (tertiary/aromatic N) is 1. The van der Waals surface area contributed by atoms with Gasteiger partial charge in [-0.25, -0.2) is 0 Å². The minimum atomic E-state index is 0.105. The largest absolute Gasteiger partial charge is 0.395 e. The maximum Gasteiger partial charge on any atom is 0.234 e. The van der Waals surface area contributed by atoms with Crippen LogP contribution < -0.4 is 5.32 Å². The highest BCUT2D eigenvalue weighted by atomic mass is 16.3. The van der Waals surface area contributed by atoms with Gasteiger partial charge in [0.05, 0.1) is 13.2 Å². The van der Waals surface area contributed by atoms with Crippen LogP contribution in [0.5, 0.6) is 0 Å². The molecule has 0 aromatic carbocycles. The van der Waals surface area contributed by atoms with Crippen molar-refractivity contribution < 1.29 is 9.90 Å². The average Bonchev–Trinajstić information content (AvgIpc) is 2.71. The first-order valence-electron chi connectivity index (χ1n) is 6.38. The van der Waals surface area contributed by atoms with E-state index in [0.717, 1.165) is 25.8 Å². The number of hydrogen-bond acceptors (Lipinski definition) is 3. The Bertz CT molecular complexity index is 197. The van der Waals surface area contributed by atoms with Crippen molar-refractivity contribution in [1.82, 2.24) is 10.2 Å². The van der Waals surface area contributed by atoms with Gasteiger partial charge in [-0.05, 0) is 25.8 Å². The molecule has 4 heteroatoms. The standard InChI is InChI=1S/C12H24N2O2/c1-2-7-14(8-9-15)10-12(16)13-11-5-3-4-6-11/h11,15H,2-10H2,1H3,(H,13,16). The number of rotatable bonds is 7. The van der Waals surface area contributed by atoms with Gasteiger partial charge in [0.2, 0.25) is 5.91 Å². The highest BCUT2D eigenvalue weighted by Crippen LogP contribution is 2.17. The molecule has 4 nitrogen and oxygen atoms in total. The van der Waals surface area contributed by atoms with Crippen LogP contribution in [0.4, 0.5) is 0 Å². The fourth-order valence-electron chi connectivity index (χ4n) is 2.27. The van der Waals surface area contributed by atoms with Gasteiger partial charge in [-0.3, -0.25) is 9.69 Å². The Morgan fingerprint density at radius 1 is 1.38 bits per heavy atom. The molecule has 0 aromatic rings. The Morgan fingerprint density at radius 3 is 2.62 bits per heavy atom. The van der Waals surface area contributed by atoms with E-state index in [-0.39, 0.29) is 12.5 Å². The Labute approximate surface area is 98.0 Å². The summed E-state index contributed by atoms with van der Waals surface area (Å²) in [5, 5.41) is 12.0. The number of amides is 1. The lowest BCUT2D eigenvalue weighted by atomic mass is 10.2. The van der Waals surface area contributed by atoms with Crippen molar-refractivity contribution in [3.8, 4) is 0 Å². The smallest absolute Gasteiger partial charge is 0.234 e. The van der Waals surface area contributed by atoms with Crippen LogP contribution in [0.3, 0.4) is 0 Å². The normalized spacial score (nSPS) is 16.9. The summed E-state index contributed by atoms with van der Waals surface area (Å²) in [6.07, 6.45) is 5.73. The molecule has 1 aliphatic rings. The molecule has 0 atom stereocenters. The number of nitrogens with one attached hydrogen (secondary N) is 1. The van der Waals surface area contributed by atoms with Crippen LogP contribution >= 0.6 is 0 Å². The zero-order valence-corrected chi connectivity index (χ0v) is 10.2. The predicted molar refractivity (Wildman–Crippen MR) is 64.2 cm³/mol. The molecular weight excluding hydrogens is 204 g/mol. The van der Waals surface area contributed by atoms with Gasteiger partial charge in [0, 0.05) is 12.6 Å². The number of carbonyl (C=O) groups excluding carboxylic acids is 1. The highest BCUT2D eigenvalue weighted by molar-refractivity contribution is 5.78. The topological polar surface area (TPSA) is 52.6 Å². The highest BCUT2D eigenvalue weighted by Gasteiger charge is 2.18. The van der Waals surface area contributed by atoms with E-state index in [1.165, 1.54) is 12.8 Å². The van der Waals surface area contributed by atoms with Crippen LogP contribution in [0.25, 0.3) is 0 Å². The fraction of sp³-hybridized carbons (Fsp3) is 0.917. The SMILES string of the molecule is CCCN(CCO)CC(=O)NC1CCCC1. The third-order valence-corrected chi connectivity index (χ3v) is 3.04. The minimum absolute atomic E-state index is 0.105. The second kappa shape index (κ2) is 7.63. The van der Waals surface area contributed by atoms with Gasteiger partial charge < -0.3 is 10.4 Å². The Kier molecular flexibility index (Phi) is 6.42. The van der Waals surface area contributed by atoms with E-state index in [2.05, 4.69) is 12.2 Å². The Morgan fingerprint density at radius 2 is 2.06 bits per heavy atom. The van der Waals surface area contributed by atoms with E-state index in [0.29, 0.717) is 19.1 Å². The van der Waals surface area contributed by atoms with Crippen molar-refractivity contribution in [3.05, 3.63) is 0 Å². The Balaban J connectivity index is 2.23. The third-order valence-electron chi connectivity index (χ3n) is 3.04. The van der Waals surface area contributed by atoms with E-state index < -0.39 is 0 Å². The van der Waals surface area contributed by atoms with Crippen molar-refractivity contribution in [2.45, 2.75) is 45.1 Å². The van der Waals surface area contributed by atoms with Crippen molar-refractivity contribution in [3.63, 3.8) is 0 Å². The van der Waals surface area contributed by atoms with Gasteiger partial charge in [-0.1, -0.05) is 19.8 Å².